The van der Waals surface area contributed by atoms with Crippen LogP contribution in [0.1, 0.15) is 41.6 Å². The predicted octanol–water partition coefficient (Wildman–Crippen LogP) is 3.71. The fraction of sp³-hybridized carbons (Fsp3) is 0.350. The molecule has 1 aliphatic carbocycles. The first-order chi connectivity index (χ1) is 12.2. The molecule has 5 heteroatoms. The van der Waals surface area contributed by atoms with Crippen LogP contribution in [0.2, 0.25) is 0 Å². The molecule has 2 aliphatic rings. The standard InChI is InChI=1S/C20H20O5/c1-23-17-4-2-3-15-16(17)7-8-18(15)25-13-5-6-14-12(9-20(21)22)11-24-19(14)10-13/h2-6,10,12,18H,7-9,11H2,1H3,(H,21,22)/t12-,18-/m1/s1. The highest BCUT2D eigenvalue weighted by Gasteiger charge is 2.29. The molecule has 1 N–H and O–H groups in total. The van der Waals surface area contributed by atoms with E-state index in [0.29, 0.717) is 6.61 Å². The van der Waals surface area contributed by atoms with Crippen molar-refractivity contribution >= 4 is 5.97 Å². The van der Waals surface area contributed by atoms with Crippen LogP contribution in [0.15, 0.2) is 36.4 Å². The van der Waals surface area contributed by atoms with E-state index in [1.54, 1.807) is 7.11 Å². The van der Waals surface area contributed by atoms with Crippen molar-refractivity contribution in [3.8, 4) is 17.2 Å². The average molecular weight is 340 g/mol. The molecule has 0 spiro atoms. The number of benzene rings is 2. The molecule has 0 bridgehead atoms. The number of rotatable bonds is 5. The lowest BCUT2D eigenvalue weighted by atomic mass is 9.98. The van der Waals surface area contributed by atoms with E-state index >= 15 is 0 Å². The smallest absolute Gasteiger partial charge is 0.304 e. The lowest BCUT2D eigenvalue weighted by Gasteiger charge is -2.16. The number of carboxylic acids is 1. The monoisotopic (exact) mass is 340 g/mol. The van der Waals surface area contributed by atoms with E-state index in [9.17, 15) is 4.79 Å². The predicted molar refractivity (Wildman–Crippen MR) is 91.6 cm³/mol. The van der Waals surface area contributed by atoms with Crippen molar-refractivity contribution in [1.82, 2.24) is 0 Å². The quantitative estimate of drug-likeness (QED) is 0.899. The Kier molecular flexibility index (Phi) is 3.99. The van der Waals surface area contributed by atoms with Gasteiger partial charge in [0.1, 0.15) is 23.4 Å². The summed E-state index contributed by atoms with van der Waals surface area (Å²) in [5.41, 5.74) is 3.33. The van der Waals surface area contributed by atoms with Crippen molar-refractivity contribution in [3.63, 3.8) is 0 Å². The summed E-state index contributed by atoms with van der Waals surface area (Å²) in [6.45, 7) is 0.411. The Morgan fingerprint density at radius 1 is 1.28 bits per heavy atom. The van der Waals surface area contributed by atoms with Crippen molar-refractivity contribution in [1.29, 1.82) is 0 Å². The molecular formula is C20H20O5. The molecule has 1 aliphatic heterocycles. The van der Waals surface area contributed by atoms with Crippen molar-refractivity contribution < 1.29 is 24.1 Å². The minimum absolute atomic E-state index is 0.000584. The molecular weight excluding hydrogens is 320 g/mol. The summed E-state index contributed by atoms with van der Waals surface area (Å²) in [7, 11) is 1.69. The maximum absolute atomic E-state index is 10.9. The average Bonchev–Trinajstić information content (AvgIpc) is 3.19. The maximum atomic E-state index is 10.9. The van der Waals surface area contributed by atoms with Crippen LogP contribution in [0, 0.1) is 0 Å². The van der Waals surface area contributed by atoms with Crippen LogP contribution < -0.4 is 14.2 Å². The van der Waals surface area contributed by atoms with Crippen LogP contribution in [0.25, 0.3) is 0 Å². The van der Waals surface area contributed by atoms with Crippen LogP contribution in [-0.2, 0) is 11.2 Å². The second-order valence-electron chi connectivity index (χ2n) is 6.48. The van der Waals surface area contributed by atoms with Crippen LogP contribution in [0.4, 0.5) is 0 Å². The number of methoxy groups -OCH3 is 1. The summed E-state index contributed by atoms with van der Waals surface area (Å²) < 4.78 is 17.3. The summed E-state index contributed by atoms with van der Waals surface area (Å²) in [5, 5.41) is 8.99. The Hall–Kier alpha value is -2.69. The van der Waals surface area contributed by atoms with E-state index < -0.39 is 5.97 Å². The Morgan fingerprint density at radius 3 is 2.96 bits per heavy atom. The van der Waals surface area contributed by atoms with Crippen LogP contribution in [0.3, 0.4) is 0 Å². The molecule has 0 radical (unpaired) electrons. The number of hydrogen-bond acceptors (Lipinski definition) is 4. The molecule has 5 nitrogen and oxygen atoms in total. The molecule has 2 aromatic carbocycles. The van der Waals surface area contributed by atoms with Gasteiger partial charge in [0.15, 0.2) is 0 Å². The molecule has 2 aromatic rings. The van der Waals surface area contributed by atoms with E-state index in [1.165, 1.54) is 11.1 Å². The molecule has 130 valence electrons. The fourth-order valence-corrected chi connectivity index (χ4v) is 3.77. The highest BCUT2D eigenvalue weighted by Crippen LogP contribution is 2.42. The molecule has 1 heterocycles. The molecule has 2 atom stereocenters. The number of fused-ring (bicyclic) bond motifs is 2. The van der Waals surface area contributed by atoms with Gasteiger partial charge in [0.05, 0.1) is 20.1 Å². The second kappa shape index (κ2) is 6.31. The Bertz CT molecular complexity index is 814. The molecule has 4 rings (SSSR count). The number of ether oxygens (including phenoxy) is 3. The Morgan fingerprint density at radius 2 is 2.16 bits per heavy atom. The van der Waals surface area contributed by atoms with E-state index in [0.717, 1.165) is 35.7 Å². The van der Waals surface area contributed by atoms with Gasteiger partial charge in [-0.3, -0.25) is 4.79 Å². The SMILES string of the molecule is COc1cccc2c1CC[C@H]2Oc1ccc2c(c1)OC[C@H]2CC(=O)O. The first-order valence-electron chi connectivity index (χ1n) is 8.46. The third kappa shape index (κ3) is 2.90. The van der Waals surface area contributed by atoms with Gasteiger partial charge < -0.3 is 19.3 Å². The van der Waals surface area contributed by atoms with Gasteiger partial charge in [0.25, 0.3) is 0 Å². The van der Waals surface area contributed by atoms with Gasteiger partial charge in [-0.2, -0.15) is 0 Å². The van der Waals surface area contributed by atoms with Gasteiger partial charge in [0, 0.05) is 23.1 Å². The second-order valence-corrected chi connectivity index (χ2v) is 6.48. The molecule has 0 fully saturated rings. The van der Waals surface area contributed by atoms with Crippen LogP contribution >= 0.6 is 0 Å². The molecule has 0 saturated heterocycles. The zero-order valence-corrected chi connectivity index (χ0v) is 14.0. The minimum Gasteiger partial charge on any atom is -0.496 e. The van der Waals surface area contributed by atoms with Crippen LogP contribution in [0.5, 0.6) is 17.2 Å². The number of carbonyl (C=O) groups is 1. The zero-order valence-electron chi connectivity index (χ0n) is 14.0. The Balaban J connectivity index is 1.54. The number of hydrogen-bond donors (Lipinski definition) is 1. The van der Waals surface area contributed by atoms with Crippen molar-refractivity contribution in [3.05, 3.63) is 53.1 Å². The topological polar surface area (TPSA) is 65.0 Å². The summed E-state index contributed by atoms with van der Waals surface area (Å²) in [5.74, 6) is 1.50. The molecule has 25 heavy (non-hydrogen) atoms. The highest BCUT2D eigenvalue weighted by atomic mass is 16.5. The lowest BCUT2D eigenvalue weighted by molar-refractivity contribution is -0.137. The minimum atomic E-state index is -0.807. The van der Waals surface area contributed by atoms with Gasteiger partial charge in [0.2, 0.25) is 0 Å². The first kappa shape index (κ1) is 15.8. The molecule has 0 saturated carbocycles. The van der Waals surface area contributed by atoms with Gasteiger partial charge >= 0.3 is 5.97 Å². The van der Waals surface area contributed by atoms with Gasteiger partial charge in [-0.05, 0) is 30.5 Å². The largest absolute Gasteiger partial charge is 0.496 e. The van der Waals surface area contributed by atoms with E-state index in [2.05, 4.69) is 6.07 Å². The van der Waals surface area contributed by atoms with Crippen molar-refractivity contribution in [2.45, 2.75) is 31.3 Å². The van der Waals surface area contributed by atoms with E-state index in [4.69, 9.17) is 19.3 Å². The van der Waals surface area contributed by atoms with E-state index in [1.807, 2.05) is 30.3 Å². The van der Waals surface area contributed by atoms with Crippen LogP contribution in [-0.4, -0.2) is 24.8 Å². The van der Waals surface area contributed by atoms with Gasteiger partial charge in [-0.1, -0.05) is 18.2 Å². The number of aliphatic carboxylic acids is 1. The van der Waals surface area contributed by atoms with Gasteiger partial charge in [-0.25, -0.2) is 0 Å². The van der Waals surface area contributed by atoms with Gasteiger partial charge in [-0.15, -0.1) is 0 Å². The highest BCUT2D eigenvalue weighted by molar-refractivity contribution is 5.68. The Labute approximate surface area is 146 Å². The summed E-state index contributed by atoms with van der Waals surface area (Å²) in [4.78, 5) is 10.9. The molecule has 0 amide bonds. The summed E-state index contributed by atoms with van der Waals surface area (Å²) in [6.07, 6.45) is 1.93. The fourth-order valence-electron chi connectivity index (χ4n) is 3.77. The first-order valence-corrected chi connectivity index (χ1v) is 8.46. The van der Waals surface area contributed by atoms with E-state index in [-0.39, 0.29) is 18.4 Å². The molecule has 0 aromatic heterocycles. The van der Waals surface area contributed by atoms with Crippen molar-refractivity contribution in [2.24, 2.45) is 0 Å². The normalized spacial score (nSPS) is 20.5. The maximum Gasteiger partial charge on any atom is 0.304 e. The third-order valence-corrected chi connectivity index (χ3v) is 4.96. The summed E-state index contributed by atoms with van der Waals surface area (Å²) >= 11 is 0. The van der Waals surface area contributed by atoms with Crippen molar-refractivity contribution in [2.75, 3.05) is 13.7 Å². The third-order valence-electron chi connectivity index (χ3n) is 4.96. The molecule has 0 unspecified atom stereocenters. The summed E-state index contributed by atoms with van der Waals surface area (Å²) in [6, 6.07) is 11.7. The lowest BCUT2D eigenvalue weighted by Crippen LogP contribution is -2.07. The zero-order chi connectivity index (χ0) is 17.4. The number of carboxylic acid groups (broad SMARTS) is 1.